The standard InChI is InChI=1S/C18H22FNO3/c19-16-5-2-12(3-6-16)10-20-17(21)11-23-18(22)9-15-8-13-1-4-14(15)7-13/h2-3,5-6,13-15H,1,4,7-11H2,(H,20,21)/t13-,14+,15-/m1/s1. The molecule has 1 amide bonds. The van der Waals surface area contributed by atoms with E-state index in [-0.39, 0.29) is 24.3 Å². The Morgan fingerprint density at radius 1 is 1.17 bits per heavy atom. The summed E-state index contributed by atoms with van der Waals surface area (Å²) in [7, 11) is 0. The number of fused-ring (bicyclic) bond motifs is 2. The third kappa shape index (κ3) is 4.30. The lowest BCUT2D eigenvalue weighted by Crippen LogP contribution is -2.29. The summed E-state index contributed by atoms with van der Waals surface area (Å²) in [5, 5.41) is 2.66. The molecule has 0 radical (unpaired) electrons. The number of halogens is 1. The molecule has 0 heterocycles. The predicted octanol–water partition coefficient (Wildman–Crippen LogP) is 2.81. The summed E-state index contributed by atoms with van der Waals surface area (Å²) in [6, 6.07) is 5.90. The average Bonchev–Trinajstić information content (AvgIpc) is 3.15. The number of esters is 1. The molecule has 0 spiro atoms. The molecular weight excluding hydrogens is 297 g/mol. The second-order valence-electron chi connectivity index (χ2n) is 6.70. The molecule has 1 N–H and O–H groups in total. The normalized spacial score (nSPS) is 25.3. The Bertz CT molecular complexity index is 572. The van der Waals surface area contributed by atoms with Gasteiger partial charge in [-0.25, -0.2) is 4.39 Å². The van der Waals surface area contributed by atoms with Crippen molar-refractivity contribution in [2.24, 2.45) is 17.8 Å². The molecule has 5 heteroatoms. The topological polar surface area (TPSA) is 55.4 Å². The molecule has 0 unspecified atom stereocenters. The van der Waals surface area contributed by atoms with Gasteiger partial charge < -0.3 is 10.1 Å². The second-order valence-corrected chi connectivity index (χ2v) is 6.70. The van der Waals surface area contributed by atoms with Crippen molar-refractivity contribution < 1.29 is 18.7 Å². The van der Waals surface area contributed by atoms with E-state index in [0.717, 1.165) is 17.9 Å². The molecule has 3 atom stereocenters. The largest absolute Gasteiger partial charge is 0.456 e. The maximum absolute atomic E-state index is 12.8. The van der Waals surface area contributed by atoms with Gasteiger partial charge in [-0.05, 0) is 54.7 Å². The molecule has 2 aliphatic carbocycles. The van der Waals surface area contributed by atoms with Crippen LogP contribution < -0.4 is 5.32 Å². The third-order valence-corrected chi connectivity index (χ3v) is 5.08. The van der Waals surface area contributed by atoms with E-state index in [4.69, 9.17) is 4.74 Å². The zero-order valence-electron chi connectivity index (χ0n) is 13.1. The molecule has 0 saturated heterocycles. The minimum absolute atomic E-state index is 0.249. The van der Waals surface area contributed by atoms with Crippen LogP contribution in [0.1, 0.15) is 37.7 Å². The molecular formula is C18H22FNO3. The first kappa shape index (κ1) is 16.0. The van der Waals surface area contributed by atoms with E-state index in [2.05, 4.69) is 5.32 Å². The Hall–Kier alpha value is -1.91. The van der Waals surface area contributed by atoms with Crippen molar-refractivity contribution in [2.75, 3.05) is 6.61 Å². The van der Waals surface area contributed by atoms with Crippen LogP contribution >= 0.6 is 0 Å². The van der Waals surface area contributed by atoms with Crippen molar-refractivity contribution >= 4 is 11.9 Å². The maximum Gasteiger partial charge on any atom is 0.306 e. The molecule has 3 rings (SSSR count). The Labute approximate surface area is 135 Å². The van der Waals surface area contributed by atoms with E-state index in [0.29, 0.717) is 24.8 Å². The maximum atomic E-state index is 12.8. The lowest BCUT2D eigenvalue weighted by Gasteiger charge is -2.20. The first-order chi connectivity index (χ1) is 11.1. The van der Waals surface area contributed by atoms with Crippen LogP contribution in [0.15, 0.2) is 24.3 Å². The van der Waals surface area contributed by atoms with Crippen LogP contribution in [0.3, 0.4) is 0 Å². The number of amides is 1. The summed E-state index contributed by atoms with van der Waals surface area (Å²) in [6.07, 6.45) is 5.38. The Kier molecular flexibility index (Phi) is 4.94. The molecule has 124 valence electrons. The fourth-order valence-corrected chi connectivity index (χ4v) is 3.90. The van der Waals surface area contributed by atoms with Crippen LogP contribution in [0, 0.1) is 23.6 Å². The van der Waals surface area contributed by atoms with Crippen molar-refractivity contribution in [1.82, 2.24) is 5.32 Å². The van der Waals surface area contributed by atoms with Gasteiger partial charge in [0.15, 0.2) is 6.61 Å². The molecule has 23 heavy (non-hydrogen) atoms. The summed E-state index contributed by atoms with van der Waals surface area (Å²) < 4.78 is 17.8. The number of carbonyl (C=O) groups excluding carboxylic acids is 2. The van der Waals surface area contributed by atoms with E-state index in [1.165, 1.54) is 31.4 Å². The Balaban J connectivity index is 1.34. The van der Waals surface area contributed by atoms with E-state index >= 15 is 0 Å². The van der Waals surface area contributed by atoms with Gasteiger partial charge >= 0.3 is 5.97 Å². The van der Waals surface area contributed by atoms with Crippen LogP contribution in [-0.2, 0) is 20.9 Å². The van der Waals surface area contributed by atoms with Gasteiger partial charge in [-0.1, -0.05) is 18.6 Å². The lowest BCUT2D eigenvalue weighted by molar-refractivity contribution is -0.149. The zero-order chi connectivity index (χ0) is 16.2. The molecule has 2 bridgehead atoms. The summed E-state index contributed by atoms with van der Waals surface area (Å²) in [5.74, 6) is 1.00. The zero-order valence-corrected chi connectivity index (χ0v) is 13.1. The van der Waals surface area contributed by atoms with Crippen molar-refractivity contribution in [3.8, 4) is 0 Å². The predicted molar refractivity (Wildman–Crippen MR) is 82.8 cm³/mol. The highest BCUT2D eigenvalue weighted by molar-refractivity contribution is 5.80. The highest BCUT2D eigenvalue weighted by atomic mass is 19.1. The number of benzene rings is 1. The number of hydrogen-bond acceptors (Lipinski definition) is 3. The fraction of sp³-hybridized carbons (Fsp3) is 0.556. The number of rotatable bonds is 6. The van der Waals surface area contributed by atoms with E-state index < -0.39 is 0 Å². The Morgan fingerprint density at radius 3 is 2.61 bits per heavy atom. The van der Waals surface area contributed by atoms with E-state index in [1.807, 2.05) is 0 Å². The quantitative estimate of drug-likeness (QED) is 0.820. The number of ether oxygens (including phenoxy) is 1. The highest BCUT2D eigenvalue weighted by Crippen LogP contribution is 2.49. The molecule has 0 aliphatic heterocycles. The van der Waals surface area contributed by atoms with Crippen LogP contribution in [-0.4, -0.2) is 18.5 Å². The summed E-state index contributed by atoms with van der Waals surface area (Å²) >= 11 is 0. The first-order valence-corrected chi connectivity index (χ1v) is 8.27. The van der Waals surface area contributed by atoms with Crippen LogP contribution in [0.25, 0.3) is 0 Å². The number of carbonyl (C=O) groups is 2. The fourth-order valence-electron chi connectivity index (χ4n) is 3.90. The summed E-state index contributed by atoms with van der Waals surface area (Å²) in [4.78, 5) is 23.5. The first-order valence-electron chi connectivity index (χ1n) is 8.27. The van der Waals surface area contributed by atoms with Crippen LogP contribution in [0.5, 0.6) is 0 Å². The Morgan fingerprint density at radius 2 is 1.96 bits per heavy atom. The molecule has 1 aromatic rings. The number of nitrogens with one attached hydrogen (secondary N) is 1. The minimum atomic E-state index is -0.337. The smallest absolute Gasteiger partial charge is 0.306 e. The second kappa shape index (κ2) is 7.11. The SMILES string of the molecule is O=C(COC(=O)C[C@H]1C[C@@H]2CC[C@H]1C2)NCc1ccc(F)cc1. The minimum Gasteiger partial charge on any atom is -0.456 e. The van der Waals surface area contributed by atoms with Gasteiger partial charge in [-0.3, -0.25) is 9.59 Å². The van der Waals surface area contributed by atoms with E-state index in [1.54, 1.807) is 12.1 Å². The van der Waals surface area contributed by atoms with Crippen molar-refractivity contribution in [2.45, 2.75) is 38.6 Å². The highest BCUT2D eigenvalue weighted by Gasteiger charge is 2.40. The monoisotopic (exact) mass is 319 g/mol. The van der Waals surface area contributed by atoms with E-state index in [9.17, 15) is 14.0 Å². The molecule has 1 aromatic carbocycles. The molecule has 4 nitrogen and oxygen atoms in total. The molecule has 2 fully saturated rings. The van der Waals surface area contributed by atoms with Gasteiger partial charge in [0.2, 0.25) is 0 Å². The van der Waals surface area contributed by atoms with Crippen LogP contribution in [0.2, 0.25) is 0 Å². The molecule has 0 aromatic heterocycles. The van der Waals surface area contributed by atoms with Crippen molar-refractivity contribution in [1.29, 1.82) is 0 Å². The molecule has 2 saturated carbocycles. The van der Waals surface area contributed by atoms with Gasteiger partial charge in [0.25, 0.3) is 5.91 Å². The summed E-state index contributed by atoms with van der Waals surface area (Å²) in [6.45, 7) is 0.0455. The van der Waals surface area contributed by atoms with Gasteiger partial charge in [0.1, 0.15) is 5.82 Å². The van der Waals surface area contributed by atoms with Crippen LogP contribution in [0.4, 0.5) is 4.39 Å². The van der Waals surface area contributed by atoms with Gasteiger partial charge in [0, 0.05) is 13.0 Å². The van der Waals surface area contributed by atoms with Gasteiger partial charge in [-0.15, -0.1) is 0 Å². The number of hydrogen-bond donors (Lipinski definition) is 1. The lowest BCUT2D eigenvalue weighted by atomic mass is 9.86. The molecule has 2 aliphatic rings. The van der Waals surface area contributed by atoms with Crippen molar-refractivity contribution in [3.63, 3.8) is 0 Å². The van der Waals surface area contributed by atoms with Gasteiger partial charge in [0.05, 0.1) is 0 Å². The van der Waals surface area contributed by atoms with Crippen molar-refractivity contribution in [3.05, 3.63) is 35.6 Å². The average molecular weight is 319 g/mol. The van der Waals surface area contributed by atoms with Gasteiger partial charge in [-0.2, -0.15) is 0 Å². The summed E-state index contributed by atoms with van der Waals surface area (Å²) in [5.41, 5.74) is 0.799. The third-order valence-electron chi connectivity index (χ3n) is 5.08.